The third-order valence-corrected chi connectivity index (χ3v) is 5.46. The summed E-state index contributed by atoms with van der Waals surface area (Å²) in [6, 6.07) is 5.96. The SMILES string of the molecule is CCNC(=NCc1ccc(OC)c(OC)c1)N1CCSC(CC)C1.I. The molecule has 2 rings (SSSR count). The maximum atomic E-state index is 5.37. The van der Waals surface area contributed by atoms with E-state index in [0.717, 1.165) is 42.7 Å². The van der Waals surface area contributed by atoms with E-state index in [1.54, 1.807) is 14.2 Å². The molecule has 0 aromatic heterocycles. The standard InChI is InChI=1S/C18H29N3O2S.HI/c1-5-15-13-21(9-10-24-15)18(19-6-2)20-12-14-7-8-16(22-3)17(11-14)23-4;/h7-8,11,15H,5-6,9-10,12-13H2,1-4H3,(H,19,20);1H. The minimum absolute atomic E-state index is 0. The maximum Gasteiger partial charge on any atom is 0.194 e. The van der Waals surface area contributed by atoms with Crippen molar-refractivity contribution >= 4 is 41.7 Å². The molecular formula is C18H30IN3O2S. The lowest BCUT2D eigenvalue weighted by molar-refractivity contribution is 0.354. The van der Waals surface area contributed by atoms with Gasteiger partial charge in [0.05, 0.1) is 20.8 Å². The first-order valence-electron chi connectivity index (χ1n) is 8.57. The van der Waals surface area contributed by atoms with Crippen LogP contribution in [0.5, 0.6) is 11.5 Å². The second-order valence-electron chi connectivity index (χ2n) is 5.71. The quantitative estimate of drug-likeness (QED) is 0.384. The fourth-order valence-corrected chi connectivity index (χ4v) is 3.91. The highest BCUT2D eigenvalue weighted by Gasteiger charge is 2.21. The Labute approximate surface area is 173 Å². The molecule has 1 aromatic rings. The second kappa shape index (κ2) is 11.7. The van der Waals surface area contributed by atoms with Gasteiger partial charge >= 0.3 is 0 Å². The largest absolute Gasteiger partial charge is 0.493 e. The highest BCUT2D eigenvalue weighted by molar-refractivity contribution is 14.0. The molecule has 142 valence electrons. The number of hydrogen-bond acceptors (Lipinski definition) is 4. The van der Waals surface area contributed by atoms with Crippen LogP contribution in [0.15, 0.2) is 23.2 Å². The van der Waals surface area contributed by atoms with Crippen LogP contribution in [-0.2, 0) is 6.54 Å². The first-order valence-corrected chi connectivity index (χ1v) is 9.62. The average Bonchev–Trinajstić information content (AvgIpc) is 2.64. The molecule has 0 amide bonds. The fraction of sp³-hybridized carbons (Fsp3) is 0.611. The number of benzene rings is 1. The van der Waals surface area contributed by atoms with Crippen molar-refractivity contribution in [2.75, 3.05) is 39.6 Å². The molecule has 0 aliphatic carbocycles. The number of nitrogens with zero attached hydrogens (tertiary/aromatic N) is 2. The van der Waals surface area contributed by atoms with Crippen molar-refractivity contribution in [2.45, 2.75) is 32.1 Å². The molecule has 0 saturated carbocycles. The van der Waals surface area contributed by atoms with Crippen LogP contribution in [0.3, 0.4) is 0 Å². The smallest absolute Gasteiger partial charge is 0.194 e. The topological polar surface area (TPSA) is 46.1 Å². The molecule has 1 aliphatic rings. The summed E-state index contributed by atoms with van der Waals surface area (Å²) in [4.78, 5) is 7.22. The summed E-state index contributed by atoms with van der Waals surface area (Å²) in [7, 11) is 3.31. The van der Waals surface area contributed by atoms with Gasteiger partial charge in [-0.05, 0) is 31.0 Å². The molecule has 1 aliphatic heterocycles. The first-order chi connectivity index (χ1) is 11.7. The Balaban J connectivity index is 0.00000312. The minimum atomic E-state index is 0. The molecule has 0 radical (unpaired) electrons. The molecule has 25 heavy (non-hydrogen) atoms. The van der Waals surface area contributed by atoms with E-state index in [1.807, 2.05) is 18.2 Å². The summed E-state index contributed by atoms with van der Waals surface area (Å²) >= 11 is 2.07. The van der Waals surface area contributed by atoms with Crippen LogP contribution in [0, 0.1) is 0 Å². The number of thioether (sulfide) groups is 1. The van der Waals surface area contributed by atoms with E-state index in [2.05, 4.69) is 35.8 Å². The van der Waals surface area contributed by atoms with Crippen molar-refractivity contribution in [1.82, 2.24) is 10.2 Å². The molecule has 1 saturated heterocycles. The van der Waals surface area contributed by atoms with Crippen molar-refractivity contribution < 1.29 is 9.47 Å². The van der Waals surface area contributed by atoms with E-state index in [-0.39, 0.29) is 24.0 Å². The van der Waals surface area contributed by atoms with Crippen LogP contribution in [0.2, 0.25) is 0 Å². The number of nitrogens with one attached hydrogen (secondary N) is 1. The van der Waals surface area contributed by atoms with Gasteiger partial charge in [-0.1, -0.05) is 13.0 Å². The van der Waals surface area contributed by atoms with Crippen LogP contribution in [-0.4, -0.2) is 55.7 Å². The molecule has 0 spiro atoms. The summed E-state index contributed by atoms with van der Waals surface area (Å²) in [5, 5.41) is 4.13. The van der Waals surface area contributed by atoms with Gasteiger partial charge in [0.15, 0.2) is 17.5 Å². The zero-order valence-corrected chi connectivity index (χ0v) is 18.7. The van der Waals surface area contributed by atoms with Crippen LogP contribution in [0.25, 0.3) is 0 Å². The second-order valence-corrected chi connectivity index (χ2v) is 7.11. The van der Waals surface area contributed by atoms with E-state index in [1.165, 1.54) is 12.2 Å². The minimum Gasteiger partial charge on any atom is -0.493 e. The molecule has 1 atom stereocenters. The highest BCUT2D eigenvalue weighted by Crippen LogP contribution is 2.28. The zero-order valence-electron chi connectivity index (χ0n) is 15.6. The molecule has 5 nitrogen and oxygen atoms in total. The molecule has 1 aromatic carbocycles. The number of guanidine groups is 1. The molecule has 1 heterocycles. The lowest BCUT2D eigenvalue weighted by atomic mass is 10.2. The number of aliphatic imine (C=N–C) groups is 1. The van der Waals surface area contributed by atoms with Gasteiger partial charge in [0.2, 0.25) is 0 Å². The number of ether oxygens (including phenoxy) is 2. The monoisotopic (exact) mass is 479 g/mol. The van der Waals surface area contributed by atoms with Crippen LogP contribution >= 0.6 is 35.7 Å². The van der Waals surface area contributed by atoms with Gasteiger partial charge < -0.3 is 19.7 Å². The molecule has 7 heteroatoms. The number of halogens is 1. The normalized spacial score (nSPS) is 17.7. The Morgan fingerprint density at radius 3 is 2.68 bits per heavy atom. The highest BCUT2D eigenvalue weighted by atomic mass is 127. The average molecular weight is 479 g/mol. The van der Waals surface area contributed by atoms with Crippen molar-refractivity contribution in [3.8, 4) is 11.5 Å². The van der Waals surface area contributed by atoms with Crippen LogP contribution in [0.4, 0.5) is 0 Å². The van der Waals surface area contributed by atoms with Crippen molar-refractivity contribution in [1.29, 1.82) is 0 Å². The van der Waals surface area contributed by atoms with Crippen molar-refractivity contribution in [2.24, 2.45) is 4.99 Å². The molecule has 1 N–H and O–H groups in total. The van der Waals surface area contributed by atoms with E-state index in [4.69, 9.17) is 14.5 Å². The number of methoxy groups -OCH3 is 2. The third kappa shape index (κ3) is 6.44. The zero-order chi connectivity index (χ0) is 17.4. The Morgan fingerprint density at radius 1 is 1.28 bits per heavy atom. The van der Waals surface area contributed by atoms with E-state index >= 15 is 0 Å². The fourth-order valence-electron chi connectivity index (χ4n) is 2.73. The third-order valence-electron chi connectivity index (χ3n) is 4.09. The van der Waals surface area contributed by atoms with Crippen molar-refractivity contribution in [3.63, 3.8) is 0 Å². The summed E-state index contributed by atoms with van der Waals surface area (Å²) in [5.74, 6) is 3.66. The summed E-state index contributed by atoms with van der Waals surface area (Å²) < 4.78 is 10.7. The van der Waals surface area contributed by atoms with Gasteiger partial charge in [-0.25, -0.2) is 4.99 Å². The lowest BCUT2D eigenvalue weighted by Crippen LogP contribution is -2.48. The van der Waals surface area contributed by atoms with Gasteiger partial charge in [0.25, 0.3) is 0 Å². The predicted octanol–water partition coefficient (Wildman–Crippen LogP) is 3.61. The van der Waals surface area contributed by atoms with Gasteiger partial charge in [0.1, 0.15) is 0 Å². The number of hydrogen-bond donors (Lipinski definition) is 1. The van der Waals surface area contributed by atoms with E-state index in [0.29, 0.717) is 11.8 Å². The summed E-state index contributed by atoms with van der Waals surface area (Å²) in [6.07, 6.45) is 1.20. The van der Waals surface area contributed by atoms with Crippen LogP contribution in [0.1, 0.15) is 25.8 Å². The van der Waals surface area contributed by atoms with E-state index < -0.39 is 0 Å². The van der Waals surface area contributed by atoms with Crippen molar-refractivity contribution in [3.05, 3.63) is 23.8 Å². The molecule has 1 unspecified atom stereocenters. The Kier molecular flexibility index (Phi) is 10.4. The van der Waals surface area contributed by atoms with E-state index in [9.17, 15) is 0 Å². The maximum absolute atomic E-state index is 5.37. The number of rotatable bonds is 6. The Hall–Kier alpha value is -0.830. The van der Waals surface area contributed by atoms with Gasteiger partial charge in [-0.15, -0.1) is 24.0 Å². The van der Waals surface area contributed by atoms with Gasteiger partial charge in [-0.3, -0.25) is 0 Å². The Bertz CT molecular complexity index is 557. The molecule has 1 fully saturated rings. The van der Waals surface area contributed by atoms with Gasteiger partial charge in [0, 0.05) is 30.6 Å². The van der Waals surface area contributed by atoms with Gasteiger partial charge in [-0.2, -0.15) is 11.8 Å². The Morgan fingerprint density at radius 2 is 2.04 bits per heavy atom. The molecule has 0 bridgehead atoms. The van der Waals surface area contributed by atoms with Crippen LogP contribution < -0.4 is 14.8 Å². The first kappa shape index (κ1) is 22.2. The predicted molar refractivity (Wildman–Crippen MR) is 118 cm³/mol. The summed E-state index contributed by atoms with van der Waals surface area (Å²) in [5.41, 5.74) is 1.11. The molecular weight excluding hydrogens is 449 g/mol. The lowest BCUT2D eigenvalue weighted by Gasteiger charge is -2.34. The summed E-state index contributed by atoms with van der Waals surface area (Å²) in [6.45, 7) is 8.00.